The number of halogens is 4. The first kappa shape index (κ1) is 66.5. The van der Waals surface area contributed by atoms with Gasteiger partial charge in [-0.1, -0.05) is 126 Å². The summed E-state index contributed by atoms with van der Waals surface area (Å²) in [6.45, 7) is 0.675. The third-order valence-electron chi connectivity index (χ3n) is 15.6. The molecule has 4 fully saturated rings. The first-order valence-electron chi connectivity index (χ1n) is 30.1. The molecule has 0 aromatic heterocycles. The maximum atomic E-state index is 13.0. The van der Waals surface area contributed by atoms with Gasteiger partial charge in [0.05, 0.1) is 32.3 Å². The van der Waals surface area contributed by atoms with Crippen LogP contribution in [0, 0.1) is 5.82 Å². The summed E-state index contributed by atoms with van der Waals surface area (Å²) >= 11 is 17.9. The van der Waals surface area contributed by atoms with Gasteiger partial charge in [-0.3, -0.25) is 38.4 Å². The SMILES string of the molecule is O=C1CC(=O)CC(c2ccc(OCCCc3ccccc3)cc2)C1.O=C1CC(=O)CC(c2cccc(Oc3cc(Cl)cc(Cl)c3)c2)C1.O=C1CC(=O)CC(c2cccc(Oc3cccc(Cl)c3)c2)C1.O=C1CC(=O)CC(c2ccccc2Oc2ccc(F)cc2)C1. The average molecular weight is 1280 g/mol. The normalized spacial score (nSPS) is 15.7. The number of ether oxygens (including phenoxy) is 4. The predicted octanol–water partition coefficient (Wildman–Crippen LogP) is 17.9. The van der Waals surface area contributed by atoms with Crippen molar-refractivity contribution in [1.82, 2.24) is 0 Å². The Morgan fingerprint density at radius 3 is 1.26 bits per heavy atom. The van der Waals surface area contributed by atoms with E-state index < -0.39 is 0 Å². The smallest absolute Gasteiger partial charge is 0.140 e. The molecule has 0 unspecified atom stereocenters. The van der Waals surface area contributed by atoms with Crippen LogP contribution in [-0.2, 0) is 44.8 Å². The fourth-order valence-electron chi connectivity index (χ4n) is 11.4. The lowest BCUT2D eigenvalue weighted by atomic mass is 9.82. The largest absolute Gasteiger partial charge is 0.494 e. The van der Waals surface area contributed by atoms with Crippen molar-refractivity contribution in [1.29, 1.82) is 0 Å². The fourth-order valence-corrected chi connectivity index (χ4v) is 12.1. The van der Waals surface area contributed by atoms with Crippen LogP contribution in [0.3, 0.4) is 0 Å². The van der Waals surface area contributed by atoms with Crippen LogP contribution >= 0.6 is 34.8 Å². The summed E-state index contributed by atoms with van der Waals surface area (Å²) in [4.78, 5) is 92.9. The van der Waals surface area contributed by atoms with Gasteiger partial charge in [0.1, 0.15) is 92.3 Å². The van der Waals surface area contributed by atoms with E-state index in [1.54, 1.807) is 48.5 Å². The summed E-state index contributed by atoms with van der Waals surface area (Å²) in [5.74, 6) is 3.94. The van der Waals surface area contributed by atoms with Crippen LogP contribution in [-0.4, -0.2) is 52.9 Å². The molecule has 0 heterocycles. The Kier molecular flexibility index (Phi) is 23.9. The quantitative estimate of drug-likeness (QED) is 0.0703. The lowest BCUT2D eigenvalue weighted by Crippen LogP contribution is -2.21. The zero-order valence-corrected chi connectivity index (χ0v) is 52.1. The summed E-state index contributed by atoms with van der Waals surface area (Å²) in [6, 6.07) is 58.4. The summed E-state index contributed by atoms with van der Waals surface area (Å²) in [5, 5.41) is 1.59. The second-order valence-corrected chi connectivity index (χ2v) is 24.3. The average Bonchev–Trinajstić information content (AvgIpc) is 1.42. The van der Waals surface area contributed by atoms with Crippen molar-refractivity contribution in [3.63, 3.8) is 0 Å². The van der Waals surface area contributed by atoms with Crippen molar-refractivity contribution in [2.24, 2.45) is 0 Å². The van der Waals surface area contributed by atoms with Crippen molar-refractivity contribution in [2.45, 2.75) is 114 Å². The van der Waals surface area contributed by atoms with E-state index in [9.17, 15) is 42.7 Å². The van der Waals surface area contributed by atoms with Gasteiger partial charge in [-0.25, -0.2) is 4.39 Å². The first-order chi connectivity index (χ1) is 43.9. The second-order valence-electron chi connectivity index (χ2n) is 22.9. The molecule has 16 heteroatoms. The standard InChI is InChI=1S/C21H22O3.C18H14Cl2O3.C18H15ClO3.C18H15FO3/c22-19-13-18(14-20(23)15-19)17-8-10-21(11-9-17)24-12-4-7-16-5-2-1-3-6-16;19-13-7-14(20)9-18(8-13)23-17-3-1-2-11(6-17)12-4-15(21)10-16(22)5-12;19-14-4-2-6-18(10-14)22-17-5-1-3-12(9-17)13-7-15(20)11-16(21)8-13;19-13-5-7-16(8-6-13)22-18-4-2-1-3-17(18)12-9-14(20)11-15(21)10-12/h1-3,5-6,8-11,18H,4,7,12-15H2;1-3,6-9,12H,4-5,10H2;1-6,9-10,13H,7-8,11H2;1-8,12H,9-11H2. The Balaban J connectivity index is 0.000000144. The Morgan fingerprint density at radius 1 is 0.341 bits per heavy atom. The number of Topliss-reactive ketones (excluding diaryl/α,β-unsaturated/α-hetero) is 8. The number of carbonyl (C=O) groups is 8. The number of rotatable bonds is 15. The highest BCUT2D eigenvalue weighted by atomic mass is 35.5. The van der Waals surface area contributed by atoms with E-state index in [0.717, 1.165) is 40.8 Å². The third-order valence-corrected chi connectivity index (χ3v) is 16.3. The van der Waals surface area contributed by atoms with Gasteiger partial charge in [0.25, 0.3) is 0 Å². The molecule has 466 valence electrons. The van der Waals surface area contributed by atoms with E-state index in [2.05, 4.69) is 24.3 Å². The molecule has 0 N–H and O–H groups in total. The summed E-state index contributed by atoms with van der Waals surface area (Å²) in [5.41, 5.74) is 5.10. The molecule has 8 aromatic rings. The second kappa shape index (κ2) is 32.7. The molecule has 0 radical (unpaired) electrons. The maximum Gasteiger partial charge on any atom is 0.140 e. The Labute approximate surface area is 543 Å². The number of aryl methyl sites for hydroxylation is 1. The molecule has 8 aromatic carbocycles. The lowest BCUT2D eigenvalue weighted by molar-refractivity contribution is -0.131. The summed E-state index contributed by atoms with van der Waals surface area (Å²) < 4.78 is 36.1. The highest BCUT2D eigenvalue weighted by Gasteiger charge is 2.31. The Hall–Kier alpha value is -8.88. The number of benzene rings is 8. The van der Waals surface area contributed by atoms with Crippen molar-refractivity contribution in [2.75, 3.05) is 6.61 Å². The molecule has 4 aliphatic carbocycles. The summed E-state index contributed by atoms with van der Waals surface area (Å²) in [6.07, 6.45) is 5.58. The number of ketones is 8. The molecule has 4 aliphatic rings. The van der Waals surface area contributed by atoms with Gasteiger partial charge < -0.3 is 18.9 Å². The minimum atomic E-state index is -0.330. The van der Waals surface area contributed by atoms with Crippen LogP contribution in [0.4, 0.5) is 4.39 Å². The van der Waals surface area contributed by atoms with Crippen molar-refractivity contribution < 1.29 is 61.7 Å². The van der Waals surface area contributed by atoms with Gasteiger partial charge in [-0.2, -0.15) is 0 Å². The van der Waals surface area contributed by atoms with Crippen molar-refractivity contribution in [3.05, 3.63) is 243 Å². The molecule has 0 saturated heterocycles. The Bertz CT molecular complexity index is 3820. The monoisotopic (exact) mass is 1280 g/mol. The zero-order valence-electron chi connectivity index (χ0n) is 49.8. The van der Waals surface area contributed by atoms with E-state index in [0.29, 0.717) is 108 Å². The molecule has 91 heavy (non-hydrogen) atoms. The van der Waals surface area contributed by atoms with E-state index in [-0.39, 0.29) is 101 Å². The van der Waals surface area contributed by atoms with Crippen LogP contribution < -0.4 is 18.9 Å². The van der Waals surface area contributed by atoms with E-state index in [4.69, 9.17) is 53.8 Å². The van der Waals surface area contributed by atoms with Crippen molar-refractivity contribution >= 4 is 81.1 Å². The van der Waals surface area contributed by atoms with E-state index in [1.165, 1.54) is 17.7 Å². The molecule has 0 spiro atoms. The van der Waals surface area contributed by atoms with Crippen LogP contribution in [0.2, 0.25) is 15.1 Å². The molecule has 12 nitrogen and oxygen atoms in total. The molecule has 0 amide bonds. The van der Waals surface area contributed by atoms with Gasteiger partial charge in [0.2, 0.25) is 0 Å². The Morgan fingerprint density at radius 2 is 0.758 bits per heavy atom. The highest BCUT2D eigenvalue weighted by molar-refractivity contribution is 6.34. The third kappa shape index (κ3) is 21.1. The van der Waals surface area contributed by atoms with E-state index in [1.807, 2.05) is 109 Å². The van der Waals surface area contributed by atoms with Crippen LogP contribution in [0.5, 0.6) is 40.2 Å². The lowest BCUT2D eigenvalue weighted by Gasteiger charge is -2.22. The predicted molar refractivity (Wildman–Crippen MR) is 347 cm³/mol. The van der Waals surface area contributed by atoms with Gasteiger partial charge >= 0.3 is 0 Å². The highest BCUT2D eigenvalue weighted by Crippen LogP contribution is 2.39. The molecule has 0 bridgehead atoms. The molecular formula is C75H66Cl3FO12. The van der Waals surface area contributed by atoms with Gasteiger partial charge in [-0.05, 0) is 162 Å². The molecule has 4 saturated carbocycles. The number of hydrogen-bond acceptors (Lipinski definition) is 12. The minimum absolute atomic E-state index is 0.000746. The van der Waals surface area contributed by atoms with Gasteiger partial charge in [-0.15, -0.1) is 0 Å². The van der Waals surface area contributed by atoms with E-state index >= 15 is 0 Å². The number of hydrogen-bond donors (Lipinski definition) is 0. The van der Waals surface area contributed by atoms with Crippen LogP contribution in [0.1, 0.15) is 135 Å². The number of para-hydroxylation sites is 1. The van der Waals surface area contributed by atoms with Crippen LogP contribution in [0.25, 0.3) is 0 Å². The van der Waals surface area contributed by atoms with Gasteiger partial charge in [0, 0.05) is 72.4 Å². The number of carbonyl (C=O) groups excluding carboxylic acids is 8. The van der Waals surface area contributed by atoms with Crippen LogP contribution in [0.15, 0.2) is 194 Å². The first-order valence-corrected chi connectivity index (χ1v) is 31.2. The zero-order chi connectivity index (χ0) is 64.2. The minimum Gasteiger partial charge on any atom is -0.494 e. The molecule has 0 atom stereocenters. The van der Waals surface area contributed by atoms with Crippen molar-refractivity contribution in [3.8, 4) is 40.2 Å². The molecule has 0 aliphatic heterocycles. The maximum absolute atomic E-state index is 13.0. The topological polar surface area (TPSA) is 173 Å². The molecular weight excluding hydrogens is 1220 g/mol. The fraction of sp³-hybridized carbons (Fsp3) is 0.253. The van der Waals surface area contributed by atoms with Gasteiger partial charge in [0.15, 0.2) is 0 Å². The summed E-state index contributed by atoms with van der Waals surface area (Å²) in [7, 11) is 0. The molecule has 12 rings (SSSR count).